The average Bonchev–Trinajstić information content (AvgIpc) is 3.01. The van der Waals surface area contributed by atoms with Crippen molar-refractivity contribution in [1.29, 1.82) is 0 Å². The maximum atomic E-state index is 11.0. The van der Waals surface area contributed by atoms with Crippen LogP contribution < -0.4 is 4.57 Å². The maximum Gasteiger partial charge on any atom is 0.294 e. The van der Waals surface area contributed by atoms with Gasteiger partial charge < -0.3 is 9.47 Å². The molecule has 22 heavy (non-hydrogen) atoms. The molecule has 1 aliphatic rings. The molecular formula is C15H16NO5S+. The van der Waals surface area contributed by atoms with Crippen LogP contribution >= 0.6 is 0 Å². The van der Waals surface area contributed by atoms with Crippen LogP contribution in [-0.4, -0.2) is 26.2 Å². The van der Waals surface area contributed by atoms with E-state index in [4.69, 9.17) is 14.0 Å². The second kappa shape index (κ2) is 6.13. The first-order valence-corrected chi connectivity index (χ1v) is 8.26. The Labute approximate surface area is 128 Å². The Kier molecular flexibility index (Phi) is 4.21. The van der Waals surface area contributed by atoms with Gasteiger partial charge in [-0.1, -0.05) is 12.1 Å². The standard InChI is InChI=1S/C15H15NO5S/c17-22(18,19)13-6-4-12(5-7-13)11-16-8-2-1-3-14(16)15-20-9-10-21-15/h1-8,15H,9-11H2/p+1. The Balaban J connectivity index is 1.84. The Morgan fingerprint density at radius 2 is 1.77 bits per heavy atom. The lowest BCUT2D eigenvalue weighted by Crippen LogP contribution is -2.40. The van der Waals surface area contributed by atoms with Crippen LogP contribution in [0.15, 0.2) is 53.6 Å². The summed E-state index contributed by atoms with van der Waals surface area (Å²) >= 11 is 0. The number of hydrogen-bond acceptors (Lipinski definition) is 4. The first-order chi connectivity index (χ1) is 10.5. The fourth-order valence-electron chi connectivity index (χ4n) is 2.34. The normalized spacial score (nSPS) is 16.0. The van der Waals surface area contributed by atoms with Gasteiger partial charge in [0, 0.05) is 17.7 Å². The van der Waals surface area contributed by atoms with E-state index in [1.807, 2.05) is 29.0 Å². The van der Waals surface area contributed by atoms with Gasteiger partial charge in [0.15, 0.2) is 12.7 Å². The highest BCUT2D eigenvalue weighted by molar-refractivity contribution is 7.85. The van der Waals surface area contributed by atoms with E-state index < -0.39 is 10.1 Å². The van der Waals surface area contributed by atoms with Crippen molar-refractivity contribution in [2.75, 3.05) is 13.2 Å². The van der Waals surface area contributed by atoms with Crippen LogP contribution in [0.3, 0.4) is 0 Å². The highest BCUT2D eigenvalue weighted by atomic mass is 32.2. The number of rotatable bonds is 4. The molecular weight excluding hydrogens is 306 g/mol. The van der Waals surface area contributed by atoms with Crippen LogP contribution in [0.2, 0.25) is 0 Å². The van der Waals surface area contributed by atoms with E-state index in [0.717, 1.165) is 11.3 Å². The number of aromatic nitrogens is 1. The van der Waals surface area contributed by atoms with Gasteiger partial charge in [0.1, 0.15) is 0 Å². The second-order valence-electron chi connectivity index (χ2n) is 4.95. The minimum Gasteiger partial charge on any atom is -0.341 e. The molecule has 116 valence electrons. The van der Waals surface area contributed by atoms with Gasteiger partial charge in [-0.2, -0.15) is 13.0 Å². The van der Waals surface area contributed by atoms with E-state index in [1.54, 1.807) is 12.1 Å². The fraction of sp³-hybridized carbons (Fsp3) is 0.267. The molecule has 0 unspecified atom stereocenters. The summed E-state index contributed by atoms with van der Waals surface area (Å²) in [4.78, 5) is -0.114. The maximum absolute atomic E-state index is 11.0. The number of hydrogen-bond donors (Lipinski definition) is 1. The van der Waals surface area contributed by atoms with Gasteiger partial charge in [0.25, 0.3) is 10.1 Å². The molecule has 0 bridgehead atoms. The first-order valence-electron chi connectivity index (χ1n) is 6.82. The summed E-state index contributed by atoms with van der Waals surface area (Å²) in [6, 6.07) is 11.9. The molecule has 0 saturated carbocycles. The van der Waals surface area contributed by atoms with E-state index in [9.17, 15) is 8.42 Å². The molecule has 0 aliphatic carbocycles. The predicted molar refractivity (Wildman–Crippen MR) is 76.6 cm³/mol. The zero-order chi connectivity index (χ0) is 15.6. The Morgan fingerprint density at radius 3 is 2.41 bits per heavy atom. The highest BCUT2D eigenvalue weighted by Crippen LogP contribution is 2.20. The minimum atomic E-state index is -4.16. The zero-order valence-corrected chi connectivity index (χ0v) is 12.6. The molecule has 0 amide bonds. The Hall–Kier alpha value is -1.80. The van der Waals surface area contributed by atoms with Gasteiger partial charge in [-0.15, -0.1) is 0 Å². The average molecular weight is 322 g/mol. The zero-order valence-electron chi connectivity index (χ0n) is 11.8. The summed E-state index contributed by atoms with van der Waals surface area (Å²) in [5, 5.41) is 0. The summed E-state index contributed by atoms with van der Waals surface area (Å²) in [6.45, 7) is 1.69. The SMILES string of the molecule is O=S(=O)(O)c1ccc(C[n+]2ccccc2C2OCCO2)cc1. The lowest BCUT2D eigenvalue weighted by molar-refractivity contribution is -0.701. The molecule has 7 heteroatoms. The third-order valence-electron chi connectivity index (χ3n) is 3.41. The lowest BCUT2D eigenvalue weighted by Gasteiger charge is -2.09. The van der Waals surface area contributed by atoms with Gasteiger partial charge in [-0.3, -0.25) is 4.55 Å². The molecule has 1 aromatic carbocycles. The molecule has 0 atom stereocenters. The van der Waals surface area contributed by atoms with Gasteiger partial charge in [0.05, 0.1) is 18.1 Å². The largest absolute Gasteiger partial charge is 0.341 e. The molecule has 0 spiro atoms. The summed E-state index contributed by atoms with van der Waals surface area (Å²) < 4.78 is 44.1. The van der Waals surface area contributed by atoms with Crippen LogP contribution in [0.25, 0.3) is 0 Å². The van der Waals surface area contributed by atoms with Crippen molar-refractivity contribution in [3.8, 4) is 0 Å². The predicted octanol–water partition coefficient (Wildman–Crippen LogP) is 1.31. The second-order valence-corrected chi connectivity index (χ2v) is 6.37. The lowest BCUT2D eigenvalue weighted by atomic mass is 10.2. The monoisotopic (exact) mass is 322 g/mol. The van der Waals surface area contributed by atoms with E-state index in [2.05, 4.69) is 0 Å². The quantitative estimate of drug-likeness (QED) is 0.678. The first kappa shape index (κ1) is 15.1. The summed E-state index contributed by atoms with van der Waals surface area (Å²) in [7, 11) is -4.16. The third kappa shape index (κ3) is 3.33. The van der Waals surface area contributed by atoms with E-state index in [1.165, 1.54) is 12.1 Å². The molecule has 0 radical (unpaired) electrons. The smallest absolute Gasteiger partial charge is 0.294 e. The van der Waals surface area contributed by atoms with Crippen LogP contribution in [0, 0.1) is 0 Å². The van der Waals surface area contributed by atoms with E-state index >= 15 is 0 Å². The van der Waals surface area contributed by atoms with E-state index in [-0.39, 0.29) is 11.2 Å². The number of ether oxygens (including phenoxy) is 2. The van der Waals surface area contributed by atoms with Gasteiger partial charge in [-0.05, 0) is 18.2 Å². The van der Waals surface area contributed by atoms with Crippen molar-refractivity contribution in [1.82, 2.24) is 0 Å². The Morgan fingerprint density at radius 1 is 1.09 bits per heavy atom. The van der Waals surface area contributed by atoms with Crippen LogP contribution in [-0.2, 0) is 26.1 Å². The van der Waals surface area contributed by atoms with Crippen molar-refractivity contribution in [2.24, 2.45) is 0 Å². The number of benzene rings is 1. The van der Waals surface area contributed by atoms with Gasteiger partial charge in [0.2, 0.25) is 12.0 Å². The van der Waals surface area contributed by atoms with Crippen LogP contribution in [0.4, 0.5) is 0 Å². The molecule has 1 saturated heterocycles. The summed E-state index contributed by atoms with van der Waals surface area (Å²) in [5.41, 5.74) is 1.81. The molecule has 3 rings (SSSR count). The van der Waals surface area contributed by atoms with E-state index in [0.29, 0.717) is 19.8 Å². The van der Waals surface area contributed by atoms with Crippen molar-refractivity contribution in [2.45, 2.75) is 17.7 Å². The van der Waals surface area contributed by atoms with Crippen LogP contribution in [0.1, 0.15) is 17.5 Å². The topological polar surface area (TPSA) is 76.7 Å². The molecule has 1 fully saturated rings. The summed E-state index contributed by atoms with van der Waals surface area (Å²) in [6.07, 6.45) is 1.54. The molecule has 2 heterocycles. The van der Waals surface area contributed by atoms with Crippen molar-refractivity contribution in [3.05, 3.63) is 59.9 Å². The third-order valence-corrected chi connectivity index (χ3v) is 4.28. The molecule has 1 aliphatic heterocycles. The molecule has 1 aromatic heterocycles. The van der Waals surface area contributed by atoms with Gasteiger partial charge >= 0.3 is 0 Å². The molecule has 6 nitrogen and oxygen atoms in total. The highest BCUT2D eigenvalue weighted by Gasteiger charge is 2.27. The van der Waals surface area contributed by atoms with Crippen molar-refractivity contribution >= 4 is 10.1 Å². The minimum absolute atomic E-state index is 0.114. The fourth-order valence-corrected chi connectivity index (χ4v) is 2.82. The summed E-state index contributed by atoms with van der Waals surface area (Å²) in [5.74, 6) is 0. The molecule has 1 N–H and O–H groups in total. The number of nitrogens with zero attached hydrogens (tertiary/aromatic N) is 1. The molecule has 2 aromatic rings. The van der Waals surface area contributed by atoms with Gasteiger partial charge in [-0.25, -0.2) is 0 Å². The van der Waals surface area contributed by atoms with Crippen molar-refractivity contribution < 1.29 is 27.0 Å². The van der Waals surface area contributed by atoms with Crippen molar-refractivity contribution in [3.63, 3.8) is 0 Å². The number of pyridine rings is 1. The van der Waals surface area contributed by atoms with Crippen LogP contribution in [0.5, 0.6) is 0 Å². The Bertz CT molecular complexity index is 752.